The van der Waals surface area contributed by atoms with Crippen molar-refractivity contribution in [3.8, 4) is 5.75 Å². The number of benzene rings is 2. The normalized spacial score (nSPS) is 23.9. The van der Waals surface area contributed by atoms with Crippen LogP contribution in [0.5, 0.6) is 5.75 Å². The SMILES string of the molecule is N[C@H]1c2ccc3ccccc3c2OC[C@H]1O. The molecule has 0 aromatic heterocycles. The van der Waals surface area contributed by atoms with Gasteiger partial charge in [-0.1, -0.05) is 36.4 Å². The van der Waals surface area contributed by atoms with Crippen LogP contribution in [-0.4, -0.2) is 17.8 Å². The van der Waals surface area contributed by atoms with Crippen molar-refractivity contribution in [2.45, 2.75) is 12.1 Å². The number of hydrogen-bond donors (Lipinski definition) is 2. The Labute approximate surface area is 93.4 Å². The van der Waals surface area contributed by atoms with E-state index in [1.165, 1.54) is 0 Å². The summed E-state index contributed by atoms with van der Waals surface area (Å²) in [6.45, 7) is 0.266. The predicted molar refractivity (Wildman–Crippen MR) is 62.4 cm³/mol. The third-order valence-corrected chi connectivity index (χ3v) is 3.08. The number of fused-ring (bicyclic) bond motifs is 3. The highest BCUT2D eigenvalue weighted by molar-refractivity contribution is 5.90. The minimum atomic E-state index is -0.617. The quantitative estimate of drug-likeness (QED) is 0.701. The smallest absolute Gasteiger partial charge is 0.132 e. The topological polar surface area (TPSA) is 55.5 Å². The van der Waals surface area contributed by atoms with Gasteiger partial charge < -0.3 is 15.6 Å². The molecule has 1 aliphatic rings. The van der Waals surface area contributed by atoms with Crippen molar-refractivity contribution in [1.29, 1.82) is 0 Å². The van der Waals surface area contributed by atoms with E-state index in [4.69, 9.17) is 10.5 Å². The highest BCUT2D eigenvalue weighted by atomic mass is 16.5. The van der Waals surface area contributed by atoms with Gasteiger partial charge >= 0.3 is 0 Å². The Morgan fingerprint density at radius 3 is 2.88 bits per heavy atom. The summed E-state index contributed by atoms with van der Waals surface area (Å²) >= 11 is 0. The summed E-state index contributed by atoms with van der Waals surface area (Å²) in [5, 5.41) is 11.8. The van der Waals surface area contributed by atoms with E-state index in [0.29, 0.717) is 0 Å². The van der Waals surface area contributed by atoms with Crippen molar-refractivity contribution in [3.63, 3.8) is 0 Å². The molecule has 0 bridgehead atoms. The molecule has 0 amide bonds. The summed E-state index contributed by atoms with van der Waals surface area (Å²) in [5.74, 6) is 0.816. The summed E-state index contributed by atoms with van der Waals surface area (Å²) in [6, 6.07) is 11.6. The van der Waals surface area contributed by atoms with Crippen molar-refractivity contribution >= 4 is 10.8 Å². The van der Waals surface area contributed by atoms with Crippen LogP contribution in [0.15, 0.2) is 36.4 Å². The van der Waals surface area contributed by atoms with Gasteiger partial charge in [0.15, 0.2) is 0 Å². The monoisotopic (exact) mass is 215 g/mol. The van der Waals surface area contributed by atoms with Crippen LogP contribution >= 0.6 is 0 Å². The van der Waals surface area contributed by atoms with Gasteiger partial charge in [0, 0.05) is 10.9 Å². The fraction of sp³-hybridized carbons (Fsp3) is 0.231. The molecule has 2 aromatic carbocycles. The predicted octanol–water partition coefficient (Wildman–Crippen LogP) is 1.59. The molecule has 1 heterocycles. The molecule has 1 aliphatic heterocycles. The molecular formula is C13H13NO2. The van der Waals surface area contributed by atoms with Crippen LogP contribution < -0.4 is 10.5 Å². The van der Waals surface area contributed by atoms with Gasteiger partial charge in [-0.15, -0.1) is 0 Å². The second-order valence-corrected chi connectivity index (χ2v) is 4.11. The van der Waals surface area contributed by atoms with Gasteiger partial charge in [0.05, 0.1) is 6.04 Å². The second kappa shape index (κ2) is 3.47. The van der Waals surface area contributed by atoms with Gasteiger partial charge in [0.25, 0.3) is 0 Å². The van der Waals surface area contributed by atoms with E-state index in [9.17, 15) is 5.11 Å². The third-order valence-electron chi connectivity index (χ3n) is 3.08. The Morgan fingerprint density at radius 1 is 1.19 bits per heavy atom. The Hall–Kier alpha value is -1.58. The average Bonchev–Trinajstić information content (AvgIpc) is 2.33. The first-order valence-corrected chi connectivity index (χ1v) is 5.35. The number of nitrogens with two attached hydrogens (primary N) is 1. The number of ether oxygens (including phenoxy) is 1. The molecule has 3 heteroatoms. The number of rotatable bonds is 0. The van der Waals surface area contributed by atoms with E-state index in [1.807, 2.05) is 36.4 Å². The zero-order chi connectivity index (χ0) is 11.1. The Bertz CT molecular complexity index is 538. The summed E-state index contributed by atoms with van der Waals surface area (Å²) < 4.78 is 5.59. The molecular weight excluding hydrogens is 202 g/mol. The fourth-order valence-corrected chi connectivity index (χ4v) is 2.16. The molecule has 2 aromatic rings. The molecule has 0 unspecified atom stereocenters. The summed E-state index contributed by atoms with van der Waals surface area (Å²) in [5.41, 5.74) is 6.84. The van der Waals surface area contributed by atoms with Crippen molar-refractivity contribution in [1.82, 2.24) is 0 Å². The molecule has 0 saturated heterocycles. The zero-order valence-corrected chi connectivity index (χ0v) is 8.76. The summed E-state index contributed by atoms with van der Waals surface area (Å²) in [7, 11) is 0. The van der Waals surface area contributed by atoms with Crippen LogP contribution in [0.1, 0.15) is 11.6 Å². The minimum Gasteiger partial charge on any atom is -0.490 e. The van der Waals surface area contributed by atoms with E-state index in [2.05, 4.69) is 0 Å². The van der Waals surface area contributed by atoms with Crippen LogP contribution in [0.4, 0.5) is 0 Å². The lowest BCUT2D eigenvalue weighted by molar-refractivity contribution is 0.0689. The summed E-state index contributed by atoms with van der Waals surface area (Å²) in [4.78, 5) is 0. The Kier molecular flexibility index (Phi) is 2.09. The summed E-state index contributed by atoms with van der Waals surface area (Å²) in [6.07, 6.45) is -0.617. The zero-order valence-electron chi connectivity index (χ0n) is 8.76. The van der Waals surface area contributed by atoms with Crippen molar-refractivity contribution in [3.05, 3.63) is 42.0 Å². The van der Waals surface area contributed by atoms with E-state index >= 15 is 0 Å². The first kappa shape index (κ1) is 9.63. The van der Waals surface area contributed by atoms with Crippen LogP contribution in [0, 0.1) is 0 Å². The van der Waals surface area contributed by atoms with Crippen molar-refractivity contribution in [2.24, 2.45) is 5.73 Å². The minimum absolute atomic E-state index is 0.266. The highest BCUT2D eigenvalue weighted by Gasteiger charge is 2.27. The standard InChI is InChI=1S/C13H13NO2/c14-12-10-6-5-8-3-1-2-4-9(8)13(10)16-7-11(12)15/h1-6,11-12,15H,7,14H2/t11-,12+/m1/s1. The average molecular weight is 215 g/mol. The van der Waals surface area contributed by atoms with E-state index < -0.39 is 6.10 Å². The van der Waals surface area contributed by atoms with Gasteiger partial charge in [-0.25, -0.2) is 0 Å². The molecule has 82 valence electrons. The van der Waals surface area contributed by atoms with Gasteiger partial charge in [-0.3, -0.25) is 0 Å². The van der Waals surface area contributed by atoms with Gasteiger partial charge in [0.1, 0.15) is 18.5 Å². The van der Waals surface area contributed by atoms with E-state index in [1.54, 1.807) is 0 Å². The molecule has 3 N–H and O–H groups in total. The lowest BCUT2D eigenvalue weighted by Gasteiger charge is -2.28. The largest absolute Gasteiger partial charge is 0.490 e. The highest BCUT2D eigenvalue weighted by Crippen LogP contribution is 2.36. The molecule has 0 fully saturated rings. The van der Waals surface area contributed by atoms with Crippen molar-refractivity contribution in [2.75, 3.05) is 6.61 Å². The third kappa shape index (κ3) is 1.29. The maximum Gasteiger partial charge on any atom is 0.132 e. The molecule has 0 saturated carbocycles. The van der Waals surface area contributed by atoms with E-state index in [0.717, 1.165) is 22.1 Å². The molecule has 3 rings (SSSR count). The van der Waals surface area contributed by atoms with Crippen LogP contribution in [0.2, 0.25) is 0 Å². The molecule has 3 nitrogen and oxygen atoms in total. The van der Waals surface area contributed by atoms with Crippen LogP contribution in [0.3, 0.4) is 0 Å². The molecule has 0 aliphatic carbocycles. The fourth-order valence-electron chi connectivity index (χ4n) is 2.16. The van der Waals surface area contributed by atoms with Gasteiger partial charge in [-0.05, 0) is 5.39 Å². The maximum absolute atomic E-state index is 9.65. The second-order valence-electron chi connectivity index (χ2n) is 4.11. The molecule has 0 spiro atoms. The molecule has 16 heavy (non-hydrogen) atoms. The lowest BCUT2D eigenvalue weighted by atomic mass is 9.95. The Morgan fingerprint density at radius 2 is 2.00 bits per heavy atom. The lowest BCUT2D eigenvalue weighted by Crippen LogP contribution is -2.35. The van der Waals surface area contributed by atoms with Gasteiger partial charge in [-0.2, -0.15) is 0 Å². The number of hydrogen-bond acceptors (Lipinski definition) is 3. The van der Waals surface area contributed by atoms with Crippen molar-refractivity contribution < 1.29 is 9.84 Å². The van der Waals surface area contributed by atoms with Crippen LogP contribution in [-0.2, 0) is 0 Å². The molecule has 2 atom stereocenters. The first-order valence-electron chi connectivity index (χ1n) is 5.35. The van der Waals surface area contributed by atoms with Crippen LogP contribution in [0.25, 0.3) is 10.8 Å². The van der Waals surface area contributed by atoms with Gasteiger partial charge in [0.2, 0.25) is 0 Å². The Balaban J connectivity index is 2.27. The maximum atomic E-state index is 9.65. The van der Waals surface area contributed by atoms with E-state index in [-0.39, 0.29) is 12.6 Å². The number of aliphatic hydroxyl groups excluding tert-OH is 1. The molecule has 0 radical (unpaired) electrons. The first-order chi connectivity index (χ1) is 7.77. The number of aliphatic hydroxyl groups is 1.